The first kappa shape index (κ1) is 14.3. The molecule has 1 aromatic heterocycles. The van der Waals surface area contributed by atoms with Gasteiger partial charge in [0.05, 0.1) is 17.6 Å². The lowest BCUT2D eigenvalue weighted by Crippen LogP contribution is -2.12. The third-order valence-electron chi connectivity index (χ3n) is 2.64. The molecule has 0 aliphatic heterocycles. The van der Waals surface area contributed by atoms with Crippen molar-refractivity contribution >= 4 is 35.1 Å². The normalized spacial score (nSPS) is 10.9. The van der Waals surface area contributed by atoms with Gasteiger partial charge < -0.3 is 9.73 Å². The average molecular weight is 291 g/mol. The molecule has 20 heavy (non-hydrogen) atoms. The summed E-state index contributed by atoms with van der Waals surface area (Å²) in [7, 11) is 0. The molecule has 5 heteroatoms. The van der Waals surface area contributed by atoms with Gasteiger partial charge in [-0.3, -0.25) is 9.79 Å². The fourth-order valence-corrected chi connectivity index (χ4v) is 1.76. The molecule has 1 N–H and O–H groups in total. The summed E-state index contributed by atoms with van der Waals surface area (Å²) in [6.45, 7) is 3.83. The van der Waals surface area contributed by atoms with Crippen molar-refractivity contribution < 1.29 is 9.21 Å². The molecule has 2 rings (SSSR count). The van der Waals surface area contributed by atoms with Gasteiger partial charge in [0.1, 0.15) is 17.4 Å². The van der Waals surface area contributed by atoms with Gasteiger partial charge in [0.15, 0.2) is 0 Å². The number of halogens is 1. The molecule has 0 atom stereocenters. The van der Waals surface area contributed by atoms with Crippen molar-refractivity contribution in [3.8, 4) is 0 Å². The summed E-state index contributed by atoms with van der Waals surface area (Å²) in [5, 5.41) is 2.71. The number of alkyl halides is 1. The first-order valence-electron chi connectivity index (χ1n) is 6.15. The lowest BCUT2D eigenvalue weighted by Gasteiger charge is -2.07. The lowest BCUT2D eigenvalue weighted by atomic mass is 10.2. The van der Waals surface area contributed by atoms with Crippen LogP contribution in [0.25, 0.3) is 0 Å². The van der Waals surface area contributed by atoms with E-state index in [-0.39, 0.29) is 11.8 Å². The number of benzene rings is 1. The molecular weight excluding hydrogens is 276 g/mol. The Bertz CT molecular complexity index is 647. The van der Waals surface area contributed by atoms with E-state index in [2.05, 4.69) is 10.3 Å². The van der Waals surface area contributed by atoms with E-state index in [9.17, 15) is 4.79 Å². The Kier molecular flexibility index (Phi) is 4.58. The molecule has 0 saturated carbocycles. The molecule has 0 aliphatic rings. The second-order valence-electron chi connectivity index (χ2n) is 4.41. The topological polar surface area (TPSA) is 54.6 Å². The van der Waals surface area contributed by atoms with Crippen molar-refractivity contribution in [3.63, 3.8) is 0 Å². The molecule has 0 unspecified atom stereocenters. The zero-order valence-electron chi connectivity index (χ0n) is 11.3. The molecule has 0 saturated heterocycles. The van der Waals surface area contributed by atoms with E-state index in [1.165, 1.54) is 0 Å². The quantitative estimate of drug-likeness (QED) is 0.687. The van der Waals surface area contributed by atoms with Crippen LogP contribution in [-0.4, -0.2) is 18.0 Å². The Morgan fingerprint density at radius 2 is 2.15 bits per heavy atom. The summed E-state index contributed by atoms with van der Waals surface area (Å²) in [5.41, 5.74) is 2.34. The van der Waals surface area contributed by atoms with Gasteiger partial charge in [-0.2, -0.15) is 0 Å². The van der Waals surface area contributed by atoms with Crippen molar-refractivity contribution in [3.05, 3.63) is 47.4 Å². The molecule has 4 nitrogen and oxygen atoms in total. The van der Waals surface area contributed by atoms with E-state index in [1.54, 1.807) is 12.3 Å². The maximum absolute atomic E-state index is 11.4. The maximum atomic E-state index is 11.4. The minimum atomic E-state index is -0.263. The van der Waals surface area contributed by atoms with Gasteiger partial charge in [-0.05, 0) is 43.7 Å². The van der Waals surface area contributed by atoms with Crippen molar-refractivity contribution in [1.82, 2.24) is 0 Å². The molecular formula is C15H15ClN2O2. The summed E-state index contributed by atoms with van der Waals surface area (Å²) in [4.78, 5) is 15.7. The minimum absolute atomic E-state index is 0.0889. The second-order valence-corrected chi connectivity index (χ2v) is 4.68. The van der Waals surface area contributed by atoms with Gasteiger partial charge in [-0.15, -0.1) is 11.6 Å². The highest BCUT2D eigenvalue weighted by molar-refractivity contribution is 6.29. The highest BCUT2D eigenvalue weighted by Crippen LogP contribution is 2.26. The van der Waals surface area contributed by atoms with Crippen LogP contribution < -0.4 is 5.32 Å². The fourth-order valence-electron chi connectivity index (χ4n) is 1.69. The number of hydrogen-bond donors (Lipinski definition) is 1. The van der Waals surface area contributed by atoms with Crippen LogP contribution in [-0.2, 0) is 4.79 Å². The van der Waals surface area contributed by atoms with Crippen LogP contribution in [0.15, 0.2) is 39.7 Å². The van der Waals surface area contributed by atoms with Gasteiger partial charge >= 0.3 is 0 Å². The van der Waals surface area contributed by atoms with Crippen LogP contribution in [0.3, 0.4) is 0 Å². The third-order valence-corrected chi connectivity index (χ3v) is 2.88. The van der Waals surface area contributed by atoms with Gasteiger partial charge in [0.2, 0.25) is 5.91 Å². The van der Waals surface area contributed by atoms with Crippen LogP contribution in [0.1, 0.15) is 17.1 Å². The number of rotatable bonds is 4. The first-order valence-corrected chi connectivity index (χ1v) is 6.69. The van der Waals surface area contributed by atoms with Gasteiger partial charge in [-0.1, -0.05) is 6.07 Å². The Morgan fingerprint density at radius 3 is 2.80 bits per heavy atom. The summed E-state index contributed by atoms with van der Waals surface area (Å²) < 4.78 is 5.42. The van der Waals surface area contributed by atoms with Crippen LogP contribution in [0, 0.1) is 13.8 Å². The zero-order valence-corrected chi connectivity index (χ0v) is 12.1. The van der Waals surface area contributed by atoms with Crippen molar-refractivity contribution in [2.24, 2.45) is 4.99 Å². The van der Waals surface area contributed by atoms with Gasteiger partial charge in [0, 0.05) is 0 Å². The molecule has 1 amide bonds. The standard InChI is InChI=1S/C15H15ClN2O2/c1-10-3-6-13(18-15(19)8-16)14(7-10)17-9-12-5-4-11(2)20-12/h3-7,9H,8H2,1-2H3,(H,18,19). The predicted octanol–water partition coefficient (Wildman–Crippen LogP) is 3.82. The molecule has 0 aliphatic carbocycles. The first-order chi connectivity index (χ1) is 9.58. The zero-order chi connectivity index (χ0) is 14.5. The third kappa shape index (κ3) is 3.71. The molecule has 104 valence electrons. The number of aryl methyl sites for hydroxylation is 2. The number of amides is 1. The number of carbonyl (C=O) groups excluding carboxylic acids is 1. The number of nitrogens with one attached hydrogen (secondary N) is 1. The average Bonchev–Trinajstić information content (AvgIpc) is 2.84. The van der Waals surface area contributed by atoms with E-state index in [4.69, 9.17) is 16.0 Å². The molecule has 0 radical (unpaired) electrons. The summed E-state index contributed by atoms with van der Waals surface area (Å²) in [6.07, 6.45) is 1.62. The number of carbonyl (C=O) groups is 1. The smallest absolute Gasteiger partial charge is 0.239 e. The number of anilines is 1. The van der Waals surface area contributed by atoms with Crippen LogP contribution in [0.4, 0.5) is 11.4 Å². The van der Waals surface area contributed by atoms with E-state index in [0.717, 1.165) is 11.3 Å². The van der Waals surface area contributed by atoms with E-state index >= 15 is 0 Å². The summed E-state index contributed by atoms with van der Waals surface area (Å²) in [6, 6.07) is 9.30. The Labute approximate surface area is 122 Å². The molecule has 0 bridgehead atoms. The number of nitrogens with zero attached hydrogens (tertiary/aromatic N) is 1. The summed E-state index contributed by atoms with van der Waals surface area (Å²) in [5.74, 6) is 1.14. The lowest BCUT2D eigenvalue weighted by molar-refractivity contribution is -0.113. The molecule has 1 aromatic carbocycles. The molecule has 1 heterocycles. The Balaban J connectivity index is 2.27. The minimum Gasteiger partial charge on any atom is -0.460 e. The van der Waals surface area contributed by atoms with Crippen molar-refractivity contribution in [2.45, 2.75) is 13.8 Å². The van der Waals surface area contributed by atoms with E-state index < -0.39 is 0 Å². The van der Waals surface area contributed by atoms with Gasteiger partial charge in [0.25, 0.3) is 0 Å². The van der Waals surface area contributed by atoms with Crippen LogP contribution in [0.5, 0.6) is 0 Å². The largest absolute Gasteiger partial charge is 0.460 e. The molecule has 0 fully saturated rings. The molecule has 0 spiro atoms. The van der Waals surface area contributed by atoms with E-state index in [0.29, 0.717) is 17.1 Å². The number of aliphatic imine (C=N–C) groups is 1. The number of furan rings is 1. The number of hydrogen-bond acceptors (Lipinski definition) is 3. The van der Waals surface area contributed by atoms with Crippen LogP contribution >= 0.6 is 11.6 Å². The highest BCUT2D eigenvalue weighted by Gasteiger charge is 2.05. The van der Waals surface area contributed by atoms with Crippen molar-refractivity contribution in [2.75, 3.05) is 11.2 Å². The monoisotopic (exact) mass is 290 g/mol. The Hall–Kier alpha value is -2.07. The molecule has 2 aromatic rings. The van der Waals surface area contributed by atoms with Gasteiger partial charge in [-0.25, -0.2) is 0 Å². The summed E-state index contributed by atoms with van der Waals surface area (Å²) >= 11 is 5.50. The Morgan fingerprint density at radius 1 is 1.35 bits per heavy atom. The highest BCUT2D eigenvalue weighted by atomic mass is 35.5. The predicted molar refractivity (Wildman–Crippen MR) is 81.2 cm³/mol. The van der Waals surface area contributed by atoms with Crippen molar-refractivity contribution in [1.29, 1.82) is 0 Å². The maximum Gasteiger partial charge on any atom is 0.239 e. The van der Waals surface area contributed by atoms with Crippen LogP contribution in [0.2, 0.25) is 0 Å². The van der Waals surface area contributed by atoms with E-state index in [1.807, 2.05) is 38.1 Å². The second kappa shape index (κ2) is 6.39. The SMILES string of the molecule is Cc1ccc(NC(=O)CCl)c(N=Cc2ccc(C)o2)c1. The fraction of sp³-hybridized carbons (Fsp3) is 0.200.